The van der Waals surface area contributed by atoms with Gasteiger partial charge in [0.25, 0.3) is 0 Å². The summed E-state index contributed by atoms with van der Waals surface area (Å²) >= 11 is 0. The van der Waals surface area contributed by atoms with Crippen LogP contribution in [0.1, 0.15) is 50.6 Å². The van der Waals surface area contributed by atoms with Crippen LogP contribution in [0, 0.1) is 17.8 Å². The predicted octanol–water partition coefficient (Wildman–Crippen LogP) is 2.22. The molecule has 0 heterocycles. The molecule has 2 unspecified atom stereocenters. The number of rotatable bonds is 5. The Bertz CT molecular complexity index is 605. The van der Waals surface area contributed by atoms with E-state index in [-0.39, 0.29) is 30.5 Å². The van der Waals surface area contributed by atoms with Gasteiger partial charge >= 0.3 is 0 Å². The lowest BCUT2D eigenvalue weighted by atomic mass is 9.65. The zero-order chi connectivity index (χ0) is 18.0. The highest BCUT2D eigenvalue weighted by Crippen LogP contribution is 2.43. The number of primary amides is 1. The Morgan fingerprint density at radius 2 is 1.76 bits per heavy atom. The molecule has 2 saturated carbocycles. The van der Waals surface area contributed by atoms with Crippen LogP contribution in [0.4, 0.5) is 0 Å². The molecular weight excluding hydrogens is 314 g/mol. The van der Waals surface area contributed by atoms with Crippen LogP contribution in [0.25, 0.3) is 0 Å². The molecule has 0 aliphatic heterocycles. The number of benzene rings is 1. The number of carbonyl (C=O) groups is 2. The Morgan fingerprint density at radius 1 is 1.16 bits per heavy atom. The molecule has 25 heavy (non-hydrogen) atoms. The minimum absolute atomic E-state index is 0.0349. The molecule has 136 valence electrons. The first-order chi connectivity index (χ1) is 12.0. The van der Waals surface area contributed by atoms with Crippen molar-refractivity contribution < 1.29 is 9.59 Å². The molecule has 2 fully saturated rings. The molecular formula is C20H29N3O2. The van der Waals surface area contributed by atoms with E-state index in [1.54, 1.807) is 4.90 Å². The summed E-state index contributed by atoms with van der Waals surface area (Å²) in [4.78, 5) is 26.5. The fraction of sp³-hybridized carbons (Fsp3) is 0.600. The maximum absolute atomic E-state index is 13.3. The highest BCUT2D eigenvalue weighted by Gasteiger charge is 2.42. The van der Waals surface area contributed by atoms with Gasteiger partial charge in [0.1, 0.15) is 0 Å². The van der Waals surface area contributed by atoms with Crippen LogP contribution in [0.3, 0.4) is 0 Å². The van der Waals surface area contributed by atoms with Gasteiger partial charge in [0, 0.05) is 12.0 Å². The monoisotopic (exact) mass is 343 g/mol. The van der Waals surface area contributed by atoms with E-state index in [9.17, 15) is 9.59 Å². The van der Waals surface area contributed by atoms with Crippen molar-refractivity contribution in [1.29, 1.82) is 0 Å². The number of hydrogen-bond acceptors (Lipinski definition) is 3. The Kier molecular flexibility index (Phi) is 5.42. The standard InChI is InChI=1S/C20H29N3O2/c1-13(14-6-3-2-4-7-14)23(12-18(21)24)20(25)17-10-15-8-5-9-16(11-17)19(15)22/h2-4,6-7,13,15-17,19H,5,8-12,22H2,1H3,(H2,21,24)/t13-,15?,16?,17?,19?/m1/s1. The van der Waals surface area contributed by atoms with E-state index in [4.69, 9.17) is 11.5 Å². The van der Waals surface area contributed by atoms with E-state index in [0.717, 1.165) is 31.2 Å². The Hall–Kier alpha value is -1.88. The third-order valence-corrected chi connectivity index (χ3v) is 6.12. The topological polar surface area (TPSA) is 89.4 Å². The van der Waals surface area contributed by atoms with Gasteiger partial charge in [0.05, 0.1) is 12.6 Å². The summed E-state index contributed by atoms with van der Waals surface area (Å²) in [6.07, 6.45) is 5.13. The average molecular weight is 343 g/mol. The van der Waals surface area contributed by atoms with Gasteiger partial charge in [-0.3, -0.25) is 9.59 Å². The molecule has 5 heteroatoms. The van der Waals surface area contributed by atoms with Crippen molar-refractivity contribution in [3.8, 4) is 0 Å². The van der Waals surface area contributed by atoms with Gasteiger partial charge < -0.3 is 16.4 Å². The predicted molar refractivity (Wildman–Crippen MR) is 97.3 cm³/mol. The summed E-state index contributed by atoms with van der Waals surface area (Å²) in [6.45, 7) is 1.93. The average Bonchev–Trinajstić information content (AvgIpc) is 2.59. The summed E-state index contributed by atoms with van der Waals surface area (Å²) < 4.78 is 0. The molecule has 0 radical (unpaired) electrons. The van der Waals surface area contributed by atoms with Crippen molar-refractivity contribution in [3.63, 3.8) is 0 Å². The maximum Gasteiger partial charge on any atom is 0.237 e. The first-order valence-corrected chi connectivity index (χ1v) is 9.36. The highest BCUT2D eigenvalue weighted by molar-refractivity contribution is 5.85. The number of nitrogens with zero attached hydrogens (tertiary/aromatic N) is 1. The number of fused-ring (bicyclic) bond motifs is 2. The van der Waals surface area contributed by atoms with E-state index in [1.165, 1.54) is 6.42 Å². The summed E-state index contributed by atoms with van der Waals surface area (Å²) in [5.41, 5.74) is 12.8. The molecule has 2 aliphatic carbocycles. The van der Waals surface area contributed by atoms with Crippen molar-refractivity contribution >= 4 is 11.8 Å². The molecule has 1 aromatic rings. The Balaban J connectivity index is 1.79. The molecule has 5 nitrogen and oxygen atoms in total. The summed E-state index contributed by atoms with van der Waals surface area (Å²) in [5, 5.41) is 0. The highest BCUT2D eigenvalue weighted by atomic mass is 16.2. The van der Waals surface area contributed by atoms with E-state index in [1.807, 2.05) is 37.3 Å². The Labute approximate surface area is 149 Å². The lowest BCUT2D eigenvalue weighted by Crippen LogP contribution is -2.51. The summed E-state index contributed by atoms with van der Waals surface area (Å²) in [7, 11) is 0. The molecule has 2 bridgehead atoms. The Morgan fingerprint density at radius 3 is 2.32 bits per heavy atom. The van der Waals surface area contributed by atoms with Crippen LogP contribution < -0.4 is 11.5 Å². The van der Waals surface area contributed by atoms with Gasteiger partial charge in [-0.1, -0.05) is 36.8 Å². The lowest BCUT2D eigenvalue weighted by Gasteiger charge is -2.45. The molecule has 4 N–H and O–H groups in total. The molecule has 1 aromatic carbocycles. The van der Waals surface area contributed by atoms with Gasteiger partial charge in [0.2, 0.25) is 11.8 Å². The van der Waals surface area contributed by atoms with E-state index >= 15 is 0 Å². The third kappa shape index (κ3) is 3.87. The second-order valence-electron chi connectivity index (χ2n) is 7.72. The lowest BCUT2D eigenvalue weighted by molar-refractivity contribution is -0.143. The molecule has 0 aromatic heterocycles. The van der Waals surface area contributed by atoms with Gasteiger partial charge in [-0.25, -0.2) is 0 Å². The van der Waals surface area contributed by atoms with E-state index in [0.29, 0.717) is 11.8 Å². The SMILES string of the molecule is C[C@H](c1ccccc1)N(CC(N)=O)C(=O)C1CC2CCCC(C1)C2N. The quantitative estimate of drug-likeness (QED) is 0.859. The molecule has 3 rings (SSSR count). The first-order valence-electron chi connectivity index (χ1n) is 9.36. The zero-order valence-corrected chi connectivity index (χ0v) is 14.9. The van der Waals surface area contributed by atoms with E-state index < -0.39 is 5.91 Å². The van der Waals surface area contributed by atoms with Gasteiger partial charge in [-0.05, 0) is 50.0 Å². The van der Waals surface area contributed by atoms with Crippen molar-refractivity contribution in [1.82, 2.24) is 4.90 Å². The second-order valence-corrected chi connectivity index (χ2v) is 7.72. The van der Waals surface area contributed by atoms with Crippen LogP contribution in [0.2, 0.25) is 0 Å². The third-order valence-electron chi connectivity index (χ3n) is 6.12. The van der Waals surface area contributed by atoms with Gasteiger partial charge in [-0.15, -0.1) is 0 Å². The maximum atomic E-state index is 13.3. The largest absolute Gasteiger partial charge is 0.368 e. The van der Waals surface area contributed by atoms with Crippen LogP contribution in [0.15, 0.2) is 30.3 Å². The van der Waals surface area contributed by atoms with E-state index in [2.05, 4.69) is 0 Å². The van der Waals surface area contributed by atoms with Crippen molar-refractivity contribution in [2.24, 2.45) is 29.2 Å². The van der Waals surface area contributed by atoms with Crippen molar-refractivity contribution in [2.75, 3.05) is 6.54 Å². The first kappa shape index (κ1) is 17.9. The van der Waals surface area contributed by atoms with Crippen LogP contribution in [0.5, 0.6) is 0 Å². The number of nitrogens with two attached hydrogens (primary N) is 2. The zero-order valence-electron chi connectivity index (χ0n) is 14.9. The number of carbonyl (C=O) groups excluding carboxylic acids is 2. The second kappa shape index (κ2) is 7.56. The minimum Gasteiger partial charge on any atom is -0.368 e. The van der Waals surface area contributed by atoms with Gasteiger partial charge in [0.15, 0.2) is 0 Å². The number of amides is 2. The van der Waals surface area contributed by atoms with Crippen LogP contribution in [-0.2, 0) is 9.59 Å². The molecule has 0 saturated heterocycles. The summed E-state index contributed by atoms with van der Waals surface area (Å²) in [6, 6.07) is 9.87. The minimum atomic E-state index is -0.469. The normalized spacial score (nSPS) is 29.7. The smallest absolute Gasteiger partial charge is 0.237 e. The van der Waals surface area contributed by atoms with Crippen molar-refractivity contribution in [2.45, 2.75) is 51.1 Å². The fourth-order valence-corrected chi connectivity index (χ4v) is 4.71. The van der Waals surface area contributed by atoms with Crippen LogP contribution >= 0.6 is 0 Å². The molecule has 0 spiro atoms. The fourth-order valence-electron chi connectivity index (χ4n) is 4.71. The molecule has 3 atom stereocenters. The van der Waals surface area contributed by atoms with Gasteiger partial charge in [-0.2, -0.15) is 0 Å². The molecule has 2 aliphatic rings. The van der Waals surface area contributed by atoms with Crippen molar-refractivity contribution in [3.05, 3.63) is 35.9 Å². The number of hydrogen-bond donors (Lipinski definition) is 2. The van der Waals surface area contributed by atoms with Crippen LogP contribution in [-0.4, -0.2) is 29.3 Å². The summed E-state index contributed by atoms with van der Waals surface area (Å²) in [5.74, 6) is 0.413. The molecule has 2 amide bonds.